The second-order valence-electron chi connectivity index (χ2n) is 5.56. The Kier molecular flexibility index (Phi) is 5.85. The molecular weight excluding hydrogens is 226 g/mol. The van der Waals surface area contributed by atoms with Crippen molar-refractivity contribution in [3.63, 3.8) is 0 Å². The number of nitrogens with one attached hydrogen (secondary N) is 1. The zero-order valence-corrected chi connectivity index (χ0v) is 12.1. The SMILES string of the molecule is CCNCN1CCN(CN2CCN(C)CC2)CC1. The number of nitrogens with zero attached hydrogens (tertiary/aromatic N) is 4. The van der Waals surface area contributed by atoms with Crippen LogP contribution in [0.3, 0.4) is 0 Å². The fourth-order valence-electron chi connectivity index (χ4n) is 2.63. The number of rotatable bonds is 5. The predicted octanol–water partition coefficient (Wildman–Crippen LogP) is -0.624. The van der Waals surface area contributed by atoms with E-state index in [1.54, 1.807) is 0 Å². The molecule has 2 heterocycles. The molecule has 5 heteroatoms. The second-order valence-corrected chi connectivity index (χ2v) is 5.56. The maximum atomic E-state index is 3.41. The van der Waals surface area contributed by atoms with Crippen molar-refractivity contribution in [2.75, 3.05) is 79.3 Å². The summed E-state index contributed by atoms with van der Waals surface area (Å²) < 4.78 is 0. The van der Waals surface area contributed by atoms with E-state index in [-0.39, 0.29) is 0 Å². The lowest BCUT2D eigenvalue weighted by Crippen LogP contribution is -2.54. The first kappa shape index (κ1) is 14.2. The van der Waals surface area contributed by atoms with E-state index in [2.05, 4.69) is 38.9 Å². The molecule has 0 radical (unpaired) electrons. The van der Waals surface area contributed by atoms with Gasteiger partial charge in [0.2, 0.25) is 0 Å². The molecule has 0 bridgehead atoms. The summed E-state index contributed by atoms with van der Waals surface area (Å²) in [4.78, 5) is 10.1. The molecule has 2 fully saturated rings. The van der Waals surface area contributed by atoms with Crippen molar-refractivity contribution >= 4 is 0 Å². The summed E-state index contributed by atoms with van der Waals surface area (Å²) in [6.45, 7) is 15.2. The van der Waals surface area contributed by atoms with Crippen molar-refractivity contribution in [3.8, 4) is 0 Å². The van der Waals surface area contributed by atoms with Crippen LogP contribution in [0, 0.1) is 0 Å². The van der Waals surface area contributed by atoms with Gasteiger partial charge in [-0.2, -0.15) is 0 Å². The van der Waals surface area contributed by atoms with Gasteiger partial charge in [-0.3, -0.25) is 14.7 Å². The Morgan fingerprint density at radius 3 is 1.83 bits per heavy atom. The molecule has 0 amide bonds. The Bertz CT molecular complexity index is 219. The number of likely N-dealkylation sites (N-methyl/N-ethyl adjacent to an activating group) is 1. The number of hydrogen-bond acceptors (Lipinski definition) is 5. The molecule has 2 saturated heterocycles. The summed E-state index contributed by atoms with van der Waals surface area (Å²) >= 11 is 0. The van der Waals surface area contributed by atoms with E-state index in [4.69, 9.17) is 0 Å². The van der Waals surface area contributed by atoms with Crippen molar-refractivity contribution in [1.82, 2.24) is 24.9 Å². The van der Waals surface area contributed by atoms with E-state index >= 15 is 0 Å². The Balaban J connectivity index is 1.61. The Hall–Kier alpha value is -0.200. The third-order valence-electron chi connectivity index (χ3n) is 4.05. The average molecular weight is 255 g/mol. The van der Waals surface area contributed by atoms with Crippen LogP contribution >= 0.6 is 0 Å². The van der Waals surface area contributed by atoms with Crippen LogP contribution < -0.4 is 5.32 Å². The van der Waals surface area contributed by atoms with Crippen LogP contribution in [-0.2, 0) is 0 Å². The lowest BCUT2D eigenvalue weighted by Gasteiger charge is -2.40. The van der Waals surface area contributed by atoms with Crippen LogP contribution in [-0.4, -0.2) is 98.9 Å². The van der Waals surface area contributed by atoms with Gasteiger partial charge in [0, 0.05) is 59.0 Å². The summed E-state index contributed by atoms with van der Waals surface area (Å²) in [5.74, 6) is 0. The van der Waals surface area contributed by atoms with Crippen LogP contribution in [0.1, 0.15) is 6.92 Å². The molecule has 1 N–H and O–H groups in total. The molecule has 0 saturated carbocycles. The van der Waals surface area contributed by atoms with Crippen LogP contribution in [0.4, 0.5) is 0 Å². The van der Waals surface area contributed by atoms with E-state index in [1.165, 1.54) is 59.0 Å². The molecular formula is C13H29N5. The van der Waals surface area contributed by atoms with Crippen molar-refractivity contribution in [2.24, 2.45) is 0 Å². The minimum Gasteiger partial charge on any atom is -0.305 e. The highest BCUT2D eigenvalue weighted by Gasteiger charge is 2.20. The zero-order chi connectivity index (χ0) is 12.8. The quantitative estimate of drug-likeness (QED) is 0.706. The van der Waals surface area contributed by atoms with Gasteiger partial charge in [-0.05, 0) is 13.6 Å². The van der Waals surface area contributed by atoms with E-state index < -0.39 is 0 Å². The van der Waals surface area contributed by atoms with E-state index in [0.717, 1.165) is 13.2 Å². The van der Waals surface area contributed by atoms with Crippen LogP contribution in [0.25, 0.3) is 0 Å². The highest BCUT2D eigenvalue weighted by molar-refractivity contribution is 4.74. The van der Waals surface area contributed by atoms with Gasteiger partial charge in [0.05, 0.1) is 6.67 Å². The van der Waals surface area contributed by atoms with Gasteiger partial charge in [0.15, 0.2) is 0 Å². The smallest absolute Gasteiger partial charge is 0.0508 e. The van der Waals surface area contributed by atoms with Crippen molar-refractivity contribution in [3.05, 3.63) is 0 Å². The third kappa shape index (κ3) is 4.48. The molecule has 0 aromatic carbocycles. The van der Waals surface area contributed by atoms with Crippen LogP contribution in [0.2, 0.25) is 0 Å². The highest BCUT2D eigenvalue weighted by Crippen LogP contribution is 2.05. The van der Waals surface area contributed by atoms with Crippen LogP contribution in [0.5, 0.6) is 0 Å². The topological polar surface area (TPSA) is 25.0 Å². The van der Waals surface area contributed by atoms with E-state index in [1.807, 2.05) is 0 Å². The molecule has 106 valence electrons. The molecule has 0 atom stereocenters. The molecule has 2 rings (SSSR count). The zero-order valence-electron chi connectivity index (χ0n) is 12.1. The highest BCUT2D eigenvalue weighted by atomic mass is 15.4. The molecule has 0 spiro atoms. The molecule has 0 aromatic heterocycles. The Morgan fingerprint density at radius 1 is 0.778 bits per heavy atom. The lowest BCUT2D eigenvalue weighted by molar-refractivity contribution is 0.0482. The van der Waals surface area contributed by atoms with Gasteiger partial charge in [0.1, 0.15) is 0 Å². The first-order chi connectivity index (χ1) is 8.78. The maximum absolute atomic E-state index is 3.41. The molecule has 5 nitrogen and oxygen atoms in total. The summed E-state index contributed by atoms with van der Waals surface area (Å²) in [7, 11) is 2.22. The van der Waals surface area contributed by atoms with Crippen molar-refractivity contribution < 1.29 is 0 Å². The van der Waals surface area contributed by atoms with E-state index in [0.29, 0.717) is 0 Å². The van der Waals surface area contributed by atoms with Gasteiger partial charge in [-0.1, -0.05) is 6.92 Å². The number of hydrogen-bond donors (Lipinski definition) is 1. The van der Waals surface area contributed by atoms with Gasteiger partial charge in [-0.15, -0.1) is 0 Å². The summed E-state index contributed by atoms with van der Waals surface area (Å²) in [5.41, 5.74) is 0. The average Bonchev–Trinajstić information content (AvgIpc) is 2.41. The van der Waals surface area contributed by atoms with Crippen molar-refractivity contribution in [2.45, 2.75) is 6.92 Å². The minimum absolute atomic E-state index is 1.05. The largest absolute Gasteiger partial charge is 0.305 e. The molecule has 0 aliphatic carbocycles. The minimum atomic E-state index is 1.05. The lowest BCUT2D eigenvalue weighted by atomic mass is 10.3. The molecule has 0 aromatic rings. The standard InChI is InChI=1S/C13H29N5/c1-3-14-12-16-8-10-18(11-9-16)13-17-6-4-15(2)5-7-17/h14H,3-13H2,1-2H3. The van der Waals surface area contributed by atoms with E-state index in [9.17, 15) is 0 Å². The third-order valence-corrected chi connectivity index (χ3v) is 4.05. The second kappa shape index (κ2) is 7.40. The van der Waals surface area contributed by atoms with Gasteiger partial charge < -0.3 is 10.2 Å². The first-order valence-corrected chi connectivity index (χ1v) is 7.34. The van der Waals surface area contributed by atoms with Gasteiger partial charge in [0.25, 0.3) is 0 Å². The van der Waals surface area contributed by atoms with Crippen molar-refractivity contribution in [1.29, 1.82) is 0 Å². The monoisotopic (exact) mass is 255 g/mol. The fourth-order valence-corrected chi connectivity index (χ4v) is 2.63. The molecule has 0 unspecified atom stereocenters. The summed E-state index contributed by atoms with van der Waals surface area (Å²) in [6.07, 6.45) is 0. The van der Waals surface area contributed by atoms with Gasteiger partial charge in [-0.25, -0.2) is 0 Å². The first-order valence-electron chi connectivity index (χ1n) is 7.34. The molecule has 2 aliphatic heterocycles. The summed E-state index contributed by atoms with van der Waals surface area (Å²) in [6, 6.07) is 0. The molecule has 18 heavy (non-hydrogen) atoms. The fraction of sp³-hybridized carbons (Fsp3) is 1.00. The summed E-state index contributed by atoms with van der Waals surface area (Å²) in [5, 5.41) is 3.41. The maximum Gasteiger partial charge on any atom is 0.0508 e. The predicted molar refractivity (Wildman–Crippen MR) is 75.6 cm³/mol. The number of piperazine rings is 2. The van der Waals surface area contributed by atoms with Crippen LogP contribution in [0.15, 0.2) is 0 Å². The Morgan fingerprint density at radius 2 is 1.28 bits per heavy atom. The van der Waals surface area contributed by atoms with Gasteiger partial charge >= 0.3 is 0 Å². The Labute approximate surface area is 112 Å². The molecule has 2 aliphatic rings. The normalized spacial score (nSPS) is 25.7.